The van der Waals surface area contributed by atoms with E-state index < -0.39 is 0 Å². The molecule has 0 amide bonds. The van der Waals surface area contributed by atoms with Crippen molar-refractivity contribution < 1.29 is 0 Å². The van der Waals surface area contributed by atoms with E-state index in [2.05, 4.69) is 39.5 Å². The fourth-order valence-corrected chi connectivity index (χ4v) is 2.59. The molecule has 1 unspecified atom stereocenters. The summed E-state index contributed by atoms with van der Waals surface area (Å²) >= 11 is 0. The Morgan fingerprint density at radius 3 is 2.00 bits per heavy atom. The summed E-state index contributed by atoms with van der Waals surface area (Å²) in [5, 5.41) is 0. The molecule has 16 heavy (non-hydrogen) atoms. The van der Waals surface area contributed by atoms with E-state index in [4.69, 9.17) is 0 Å². The SMILES string of the molecule is CC(C)C(C)CCC1CCN(C(C)C)CC1. The molecule has 0 bridgehead atoms. The maximum Gasteiger partial charge on any atom is 0.00385 e. The van der Waals surface area contributed by atoms with Gasteiger partial charge < -0.3 is 4.90 Å². The highest BCUT2D eigenvalue weighted by Gasteiger charge is 2.21. The van der Waals surface area contributed by atoms with Crippen LogP contribution in [-0.4, -0.2) is 24.0 Å². The number of piperidine rings is 1. The number of likely N-dealkylation sites (tertiary alicyclic amines) is 1. The van der Waals surface area contributed by atoms with Gasteiger partial charge in [-0.15, -0.1) is 0 Å². The molecule has 0 aliphatic carbocycles. The lowest BCUT2D eigenvalue weighted by atomic mass is 9.85. The first-order valence-electron chi connectivity index (χ1n) is 7.24. The number of hydrogen-bond donors (Lipinski definition) is 0. The molecule has 0 saturated carbocycles. The van der Waals surface area contributed by atoms with Crippen molar-refractivity contribution >= 4 is 0 Å². The number of nitrogens with zero attached hydrogens (tertiary/aromatic N) is 1. The maximum absolute atomic E-state index is 2.63. The monoisotopic (exact) mass is 225 g/mol. The average Bonchev–Trinajstić information content (AvgIpc) is 2.26. The Labute approximate surface area is 103 Å². The molecule has 1 rings (SSSR count). The van der Waals surface area contributed by atoms with E-state index >= 15 is 0 Å². The molecule has 1 heterocycles. The van der Waals surface area contributed by atoms with Crippen LogP contribution in [-0.2, 0) is 0 Å². The van der Waals surface area contributed by atoms with Gasteiger partial charge in [-0.1, -0.05) is 33.6 Å². The predicted octanol–water partition coefficient (Wildman–Crippen LogP) is 4.18. The molecule has 0 radical (unpaired) electrons. The molecular weight excluding hydrogens is 194 g/mol. The molecule has 96 valence electrons. The third-order valence-electron chi connectivity index (χ3n) is 4.55. The number of rotatable bonds is 5. The average molecular weight is 225 g/mol. The molecule has 0 spiro atoms. The van der Waals surface area contributed by atoms with Gasteiger partial charge >= 0.3 is 0 Å². The molecule has 1 aliphatic heterocycles. The molecule has 1 atom stereocenters. The zero-order valence-corrected chi connectivity index (χ0v) is 12.0. The molecule has 1 nitrogen and oxygen atoms in total. The molecule has 1 aliphatic rings. The minimum atomic E-state index is 0.746. The second-order valence-electron chi connectivity index (χ2n) is 6.37. The zero-order chi connectivity index (χ0) is 12.1. The van der Waals surface area contributed by atoms with Gasteiger partial charge in [-0.3, -0.25) is 0 Å². The highest BCUT2D eigenvalue weighted by molar-refractivity contribution is 4.75. The van der Waals surface area contributed by atoms with Gasteiger partial charge in [0.25, 0.3) is 0 Å². The Hall–Kier alpha value is -0.0400. The van der Waals surface area contributed by atoms with Crippen LogP contribution in [0.1, 0.15) is 60.3 Å². The molecular formula is C15H31N. The summed E-state index contributed by atoms with van der Waals surface area (Å²) in [6.07, 6.45) is 5.77. The van der Waals surface area contributed by atoms with Crippen LogP contribution in [0.3, 0.4) is 0 Å². The predicted molar refractivity (Wildman–Crippen MR) is 72.7 cm³/mol. The van der Waals surface area contributed by atoms with Crippen molar-refractivity contribution in [1.29, 1.82) is 0 Å². The molecule has 0 aromatic carbocycles. The summed E-state index contributed by atoms with van der Waals surface area (Å²) in [7, 11) is 0. The summed E-state index contributed by atoms with van der Waals surface area (Å²) < 4.78 is 0. The van der Waals surface area contributed by atoms with Gasteiger partial charge in [0.15, 0.2) is 0 Å². The molecule has 0 aromatic heterocycles. The van der Waals surface area contributed by atoms with E-state index in [-0.39, 0.29) is 0 Å². The van der Waals surface area contributed by atoms with Gasteiger partial charge in [-0.2, -0.15) is 0 Å². The fraction of sp³-hybridized carbons (Fsp3) is 1.00. The van der Waals surface area contributed by atoms with E-state index in [1.165, 1.54) is 38.8 Å². The first-order chi connectivity index (χ1) is 7.50. The van der Waals surface area contributed by atoms with Crippen LogP contribution in [0, 0.1) is 17.8 Å². The van der Waals surface area contributed by atoms with Crippen molar-refractivity contribution in [1.82, 2.24) is 4.90 Å². The minimum absolute atomic E-state index is 0.746. The number of hydrogen-bond acceptors (Lipinski definition) is 1. The van der Waals surface area contributed by atoms with Gasteiger partial charge in [0.2, 0.25) is 0 Å². The van der Waals surface area contributed by atoms with Crippen LogP contribution in [0.2, 0.25) is 0 Å². The Balaban J connectivity index is 2.17. The Kier molecular flexibility index (Phi) is 5.82. The van der Waals surface area contributed by atoms with Crippen molar-refractivity contribution in [3.63, 3.8) is 0 Å². The molecule has 1 heteroatoms. The third kappa shape index (κ3) is 4.45. The van der Waals surface area contributed by atoms with Gasteiger partial charge in [-0.25, -0.2) is 0 Å². The van der Waals surface area contributed by atoms with Crippen molar-refractivity contribution in [2.45, 2.75) is 66.3 Å². The molecule has 1 fully saturated rings. The first kappa shape index (κ1) is 14.0. The second kappa shape index (κ2) is 6.64. The van der Waals surface area contributed by atoms with E-state index in [9.17, 15) is 0 Å². The van der Waals surface area contributed by atoms with Crippen molar-refractivity contribution in [3.05, 3.63) is 0 Å². The van der Waals surface area contributed by atoms with Crippen molar-refractivity contribution in [2.24, 2.45) is 17.8 Å². The van der Waals surface area contributed by atoms with E-state index in [1.54, 1.807) is 0 Å². The normalized spacial score (nSPS) is 21.9. The smallest absolute Gasteiger partial charge is 0.00385 e. The Bertz CT molecular complexity index is 178. The standard InChI is InChI=1S/C15H31N/c1-12(2)14(5)6-7-15-8-10-16(11-9-15)13(3)4/h12-15H,6-11H2,1-5H3. The summed E-state index contributed by atoms with van der Waals surface area (Å²) in [4.78, 5) is 2.63. The largest absolute Gasteiger partial charge is 0.301 e. The lowest BCUT2D eigenvalue weighted by Crippen LogP contribution is -2.38. The van der Waals surface area contributed by atoms with Crippen molar-refractivity contribution in [3.8, 4) is 0 Å². The summed E-state index contributed by atoms with van der Waals surface area (Å²) in [5.74, 6) is 2.77. The van der Waals surface area contributed by atoms with Gasteiger partial charge in [0, 0.05) is 6.04 Å². The minimum Gasteiger partial charge on any atom is -0.301 e. The van der Waals surface area contributed by atoms with Crippen LogP contribution in [0.25, 0.3) is 0 Å². The maximum atomic E-state index is 2.63. The zero-order valence-electron chi connectivity index (χ0n) is 12.0. The fourth-order valence-electron chi connectivity index (χ4n) is 2.59. The molecule has 0 N–H and O–H groups in total. The molecule has 1 saturated heterocycles. The molecule has 0 aromatic rings. The highest BCUT2D eigenvalue weighted by atomic mass is 15.1. The van der Waals surface area contributed by atoms with Gasteiger partial charge in [0.1, 0.15) is 0 Å². The van der Waals surface area contributed by atoms with Crippen LogP contribution in [0.15, 0.2) is 0 Å². The van der Waals surface area contributed by atoms with Crippen LogP contribution >= 0.6 is 0 Å². The van der Waals surface area contributed by atoms with Crippen LogP contribution in [0.4, 0.5) is 0 Å². The summed E-state index contributed by atoms with van der Waals surface area (Å²) in [6.45, 7) is 14.4. The third-order valence-corrected chi connectivity index (χ3v) is 4.55. The summed E-state index contributed by atoms with van der Waals surface area (Å²) in [5.41, 5.74) is 0. The van der Waals surface area contributed by atoms with Crippen LogP contribution in [0.5, 0.6) is 0 Å². The quantitative estimate of drug-likeness (QED) is 0.678. The van der Waals surface area contributed by atoms with Crippen molar-refractivity contribution in [2.75, 3.05) is 13.1 Å². The summed E-state index contributed by atoms with van der Waals surface area (Å²) in [6, 6.07) is 0.746. The first-order valence-corrected chi connectivity index (χ1v) is 7.24. The Morgan fingerprint density at radius 2 is 1.56 bits per heavy atom. The van der Waals surface area contributed by atoms with Crippen LogP contribution < -0.4 is 0 Å². The lowest BCUT2D eigenvalue weighted by molar-refractivity contribution is 0.141. The van der Waals surface area contributed by atoms with E-state index in [0.29, 0.717) is 0 Å². The highest BCUT2D eigenvalue weighted by Crippen LogP contribution is 2.26. The van der Waals surface area contributed by atoms with E-state index in [1.807, 2.05) is 0 Å². The Morgan fingerprint density at radius 1 is 1.00 bits per heavy atom. The second-order valence-corrected chi connectivity index (χ2v) is 6.37. The van der Waals surface area contributed by atoms with E-state index in [0.717, 1.165) is 23.8 Å². The van der Waals surface area contributed by atoms with Gasteiger partial charge in [0.05, 0.1) is 0 Å². The topological polar surface area (TPSA) is 3.24 Å². The lowest BCUT2D eigenvalue weighted by Gasteiger charge is -2.35. The van der Waals surface area contributed by atoms with Gasteiger partial charge in [-0.05, 0) is 57.5 Å².